The summed E-state index contributed by atoms with van der Waals surface area (Å²) in [6.07, 6.45) is 2.01. The van der Waals surface area contributed by atoms with Crippen molar-refractivity contribution in [2.24, 2.45) is 11.7 Å². The molecule has 1 heterocycles. The van der Waals surface area contributed by atoms with Crippen molar-refractivity contribution < 1.29 is 9.47 Å². The molecule has 1 aromatic carbocycles. The molecule has 0 aromatic heterocycles. The van der Waals surface area contributed by atoms with Crippen molar-refractivity contribution in [2.75, 3.05) is 31.6 Å². The molecule has 4 nitrogen and oxygen atoms in total. The second-order valence-corrected chi connectivity index (χ2v) is 4.77. The van der Waals surface area contributed by atoms with Crippen molar-refractivity contribution in [2.45, 2.75) is 19.8 Å². The second-order valence-electron chi connectivity index (χ2n) is 4.77. The fraction of sp³-hybridized carbons (Fsp3) is 0.571. The molecule has 1 unspecified atom stereocenters. The van der Waals surface area contributed by atoms with Crippen LogP contribution in [-0.2, 0) is 0 Å². The number of ether oxygens (including phenoxy) is 2. The van der Waals surface area contributed by atoms with Crippen LogP contribution in [0.25, 0.3) is 0 Å². The van der Waals surface area contributed by atoms with Crippen molar-refractivity contribution in [3.05, 3.63) is 18.2 Å². The van der Waals surface area contributed by atoms with Crippen molar-refractivity contribution in [1.82, 2.24) is 0 Å². The first-order valence-corrected chi connectivity index (χ1v) is 6.63. The van der Waals surface area contributed by atoms with Gasteiger partial charge in [-0.2, -0.15) is 0 Å². The Balaban J connectivity index is 1.91. The van der Waals surface area contributed by atoms with E-state index in [1.807, 2.05) is 18.2 Å². The topological polar surface area (TPSA) is 56.5 Å². The van der Waals surface area contributed by atoms with Crippen LogP contribution in [0.15, 0.2) is 18.2 Å². The summed E-state index contributed by atoms with van der Waals surface area (Å²) in [6, 6.07) is 6.00. The molecule has 1 atom stereocenters. The van der Waals surface area contributed by atoms with Crippen molar-refractivity contribution >= 4 is 5.69 Å². The summed E-state index contributed by atoms with van der Waals surface area (Å²) in [5.41, 5.74) is 6.67. The molecule has 0 saturated heterocycles. The lowest BCUT2D eigenvalue weighted by atomic mass is 10.1. The Kier molecular flexibility index (Phi) is 4.70. The van der Waals surface area contributed by atoms with Crippen LogP contribution in [0.3, 0.4) is 0 Å². The van der Waals surface area contributed by atoms with E-state index < -0.39 is 0 Å². The van der Waals surface area contributed by atoms with E-state index in [9.17, 15) is 0 Å². The fourth-order valence-electron chi connectivity index (χ4n) is 1.85. The molecule has 0 fully saturated rings. The highest BCUT2D eigenvalue weighted by Gasteiger charge is 2.10. The van der Waals surface area contributed by atoms with Gasteiger partial charge in [-0.25, -0.2) is 0 Å². The number of rotatable bonds is 5. The molecule has 3 N–H and O–H groups in total. The Morgan fingerprint density at radius 2 is 2.06 bits per heavy atom. The third-order valence-electron chi connectivity index (χ3n) is 3.12. The van der Waals surface area contributed by atoms with Gasteiger partial charge < -0.3 is 20.5 Å². The summed E-state index contributed by atoms with van der Waals surface area (Å²) in [7, 11) is 0. The molecule has 0 amide bonds. The van der Waals surface area contributed by atoms with Crippen LogP contribution in [0.5, 0.6) is 11.5 Å². The maximum atomic E-state index is 5.65. The van der Waals surface area contributed by atoms with Gasteiger partial charge in [0.25, 0.3) is 0 Å². The van der Waals surface area contributed by atoms with Gasteiger partial charge in [0.2, 0.25) is 0 Å². The summed E-state index contributed by atoms with van der Waals surface area (Å²) in [5.74, 6) is 2.23. The van der Waals surface area contributed by atoms with Gasteiger partial charge in [-0.1, -0.05) is 6.92 Å². The first kappa shape index (κ1) is 13.0. The van der Waals surface area contributed by atoms with Gasteiger partial charge >= 0.3 is 0 Å². The molecular formula is C14H22N2O2. The lowest BCUT2D eigenvalue weighted by Crippen LogP contribution is -2.14. The normalized spacial score (nSPS) is 15.9. The predicted molar refractivity (Wildman–Crippen MR) is 73.4 cm³/mol. The largest absolute Gasteiger partial charge is 0.490 e. The van der Waals surface area contributed by atoms with Crippen LogP contribution in [0, 0.1) is 5.92 Å². The number of nitrogens with two attached hydrogens (primary N) is 1. The lowest BCUT2D eigenvalue weighted by Gasteiger charge is -2.12. The van der Waals surface area contributed by atoms with Crippen molar-refractivity contribution in [1.29, 1.82) is 0 Å². The van der Waals surface area contributed by atoms with Gasteiger partial charge in [0.1, 0.15) is 0 Å². The Morgan fingerprint density at radius 3 is 2.83 bits per heavy atom. The summed E-state index contributed by atoms with van der Waals surface area (Å²) >= 11 is 0. The standard InChI is InChI=1S/C14H22N2O2/c1-11(10-15)5-6-16-12-3-4-13-14(9-12)18-8-2-7-17-13/h3-4,9,11,16H,2,5-8,10,15H2,1H3. The van der Waals surface area contributed by atoms with E-state index in [2.05, 4.69) is 12.2 Å². The van der Waals surface area contributed by atoms with Gasteiger partial charge in [-0.3, -0.25) is 0 Å². The third-order valence-corrected chi connectivity index (χ3v) is 3.12. The molecule has 0 spiro atoms. The number of hydrogen-bond acceptors (Lipinski definition) is 4. The Morgan fingerprint density at radius 1 is 1.28 bits per heavy atom. The highest BCUT2D eigenvalue weighted by Crippen LogP contribution is 2.32. The van der Waals surface area contributed by atoms with E-state index >= 15 is 0 Å². The van der Waals surface area contributed by atoms with Gasteiger partial charge in [0.05, 0.1) is 13.2 Å². The van der Waals surface area contributed by atoms with Crippen LogP contribution >= 0.6 is 0 Å². The Labute approximate surface area is 108 Å². The minimum absolute atomic E-state index is 0.554. The van der Waals surface area contributed by atoms with E-state index in [0.29, 0.717) is 5.92 Å². The van der Waals surface area contributed by atoms with Crippen LogP contribution in [0.1, 0.15) is 19.8 Å². The number of anilines is 1. The van der Waals surface area contributed by atoms with Gasteiger partial charge in [0, 0.05) is 24.7 Å². The number of benzene rings is 1. The van der Waals surface area contributed by atoms with Crippen LogP contribution in [0.4, 0.5) is 5.69 Å². The second kappa shape index (κ2) is 6.50. The van der Waals surface area contributed by atoms with E-state index in [-0.39, 0.29) is 0 Å². The summed E-state index contributed by atoms with van der Waals surface area (Å²) in [6.45, 7) is 5.28. The van der Waals surface area contributed by atoms with Crippen LogP contribution in [0.2, 0.25) is 0 Å². The summed E-state index contributed by atoms with van der Waals surface area (Å²) in [5, 5.41) is 3.39. The van der Waals surface area contributed by atoms with E-state index in [1.54, 1.807) is 0 Å². The third kappa shape index (κ3) is 3.53. The van der Waals surface area contributed by atoms with E-state index in [1.165, 1.54) is 0 Å². The molecular weight excluding hydrogens is 228 g/mol. The van der Waals surface area contributed by atoms with E-state index in [0.717, 1.165) is 56.3 Å². The zero-order chi connectivity index (χ0) is 12.8. The van der Waals surface area contributed by atoms with Crippen LogP contribution in [-0.4, -0.2) is 26.3 Å². The predicted octanol–water partition coefficient (Wildman–Crippen LogP) is 2.24. The smallest absolute Gasteiger partial charge is 0.163 e. The highest BCUT2D eigenvalue weighted by molar-refractivity contribution is 5.54. The van der Waals surface area contributed by atoms with E-state index in [4.69, 9.17) is 15.2 Å². The Bertz CT molecular complexity index is 382. The fourth-order valence-corrected chi connectivity index (χ4v) is 1.85. The Hall–Kier alpha value is -1.42. The molecule has 0 radical (unpaired) electrons. The van der Waals surface area contributed by atoms with Crippen LogP contribution < -0.4 is 20.5 Å². The van der Waals surface area contributed by atoms with Gasteiger partial charge in [0.15, 0.2) is 11.5 Å². The van der Waals surface area contributed by atoms with Gasteiger partial charge in [-0.15, -0.1) is 0 Å². The average molecular weight is 250 g/mol. The quantitative estimate of drug-likeness (QED) is 0.841. The lowest BCUT2D eigenvalue weighted by molar-refractivity contribution is 0.297. The highest BCUT2D eigenvalue weighted by atomic mass is 16.5. The maximum Gasteiger partial charge on any atom is 0.163 e. The average Bonchev–Trinajstić information content (AvgIpc) is 2.63. The molecule has 1 aliphatic heterocycles. The minimum atomic E-state index is 0.554. The number of fused-ring (bicyclic) bond motifs is 1. The zero-order valence-electron chi connectivity index (χ0n) is 10.9. The minimum Gasteiger partial charge on any atom is -0.490 e. The molecule has 0 saturated carbocycles. The molecule has 100 valence electrons. The first-order valence-electron chi connectivity index (χ1n) is 6.63. The summed E-state index contributed by atoms with van der Waals surface area (Å²) < 4.78 is 11.2. The monoisotopic (exact) mass is 250 g/mol. The summed E-state index contributed by atoms with van der Waals surface area (Å²) in [4.78, 5) is 0. The van der Waals surface area contributed by atoms with Crippen molar-refractivity contribution in [3.8, 4) is 11.5 Å². The molecule has 1 aromatic rings. The van der Waals surface area contributed by atoms with Gasteiger partial charge in [-0.05, 0) is 31.0 Å². The molecule has 0 bridgehead atoms. The van der Waals surface area contributed by atoms with Crippen molar-refractivity contribution in [3.63, 3.8) is 0 Å². The molecule has 18 heavy (non-hydrogen) atoms. The molecule has 1 aliphatic rings. The molecule has 0 aliphatic carbocycles. The number of hydrogen-bond donors (Lipinski definition) is 2. The SMILES string of the molecule is CC(CN)CCNc1ccc2c(c1)OCCCO2. The first-order chi connectivity index (χ1) is 8.79. The molecule has 4 heteroatoms. The maximum absolute atomic E-state index is 5.65. The number of nitrogens with one attached hydrogen (secondary N) is 1. The zero-order valence-corrected chi connectivity index (χ0v) is 10.9. The molecule has 2 rings (SSSR count).